The van der Waals surface area contributed by atoms with Gasteiger partial charge >= 0.3 is 0 Å². The minimum Gasteiger partial charge on any atom is -0.366 e. The highest BCUT2D eigenvalue weighted by Gasteiger charge is 2.27. The van der Waals surface area contributed by atoms with E-state index in [-0.39, 0.29) is 5.82 Å². The van der Waals surface area contributed by atoms with Crippen molar-refractivity contribution in [2.45, 2.75) is 46.2 Å². The van der Waals surface area contributed by atoms with Crippen LogP contribution in [0.4, 0.5) is 10.1 Å². The van der Waals surface area contributed by atoms with Crippen molar-refractivity contribution < 1.29 is 4.39 Å². The van der Waals surface area contributed by atoms with E-state index in [2.05, 4.69) is 31.0 Å². The second-order valence-electron chi connectivity index (χ2n) is 5.58. The third-order valence-electron chi connectivity index (χ3n) is 4.30. The fourth-order valence-corrected chi connectivity index (χ4v) is 2.94. The van der Waals surface area contributed by atoms with Crippen LogP contribution in [0.5, 0.6) is 0 Å². The second kappa shape index (κ2) is 6.38. The summed E-state index contributed by atoms with van der Waals surface area (Å²) in [5.74, 6) is 0.539. The van der Waals surface area contributed by atoms with E-state index in [0.717, 1.165) is 37.3 Å². The molecule has 2 rings (SSSR count). The second-order valence-corrected chi connectivity index (χ2v) is 5.58. The first-order valence-corrected chi connectivity index (χ1v) is 7.40. The van der Waals surface area contributed by atoms with Crippen molar-refractivity contribution in [2.75, 3.05) is 18.0 Å². The molecule has 19 heavy (non-hydrogen) atoms. The molecule has 0 bridgehead atoms. The van der Waals surface area contributed by atoms with Crippen LogP contribution < -0.4 is 10.2 Å². The van der Waals surface area contributed by atoms with E-state index in [0.29, 0.717) is 12.0 Å². The van der Waals surface area contributed by atoms with Crippen LogP contribution in [0.2, 0.25) is 0 Å². The molecule has 0 radical (unpaired) electrons. The van der Waals surface area contributed by atoms with E-state index < -0.39 is 0 Å². The lowest BCUT2D eigenvalue weighted by Gasteiger charge is -2.40. The van der Waals surface area contributed by atoms with Crippen molar-refractivity contribution in [3.05, 3.63) is 29.6 Å². The Labute approximate surface area is 116 Å². The van der Waals surface area contributed by atoms with Gasteiger partial charge in [0.05, 0.1) is 5.69 Å². The summed E-state index contributed by atoms with van der Waals surface area (Å²) in [4.78, 5) is 2.26. The summed E-state index contributed by atoms with van der Waals surface area (Å²) in [5, 5.41) is 3.30. The highest BCUT2D eigenvalue weighted by atomic mass is 19.1. The zero-order valence-corrected chi connectivity index (χ0v) is 12.2. The molecular formula is C16H25FN2. The van der Waals surface area contributed by atoms with Gasteiger partial charge in [-0.3, -0.25) is 0 Å². The Morgan fingerprint density at radius 3 is 2.89 bits per heavy atom. The lowest BCUT2D eigenvalue weighted by molar-refractivity contribution is 0.359. The Bertz CT molecular complexity index is 419. The Kier molecular flexibility index (Phi) is 4.81. The van der Waals surface area contributed by atoms with Crippen molar-refractivity contribution in [1.29, 1.82) is 0 Å². The largest absolute Gasteiger partial charge is 0.366 e. The molecule has 1 aromatic rings. The fourth-order valence-electron chi connectivity index (χ4n) is 2.94. The predicted molar refractivity (Wildman–Crippen MR) is 79.0 cm³/mol. The van der Waals surface area contributed by atoms with Crippen molar-refractivity contribution in [1.82, 2.24) is 5.32 Å². The van der Waals surface area contributed by atoms with Gasteiger partial charge in [0, 0.05) is 19.1 Å². The summed E-state index contributed by atoms with van der Waals surface area (Å²) >= 11 is 0. The fraction of sp³-hybridized carbons (Fsp3) is 0.625. The number of nitrogens with zero attached hydrogens (tertiary/aromatic N) is 1. The Hall–Kier alpha value is -1.09. The molecule has 3 heteroatoms. The molecule has 0 aromatic heterocycles. The van der Waals surface area contributed by atoms with E-state index >= 15 is 0 Å². The Morgan fingerprint density at radius 2 is 2.16 bits per heavy atom. The van der Waals surface area contributed by atoms with Gasteiger partial charge in [-0.15, -0.1) is 0 Å². The molecule has 1 aliphatic heterocycles. The molecule has 0 spiro atoms. The minimum atomic E-state index is -0.0867. The number of para-hydroxylation sites is 1. The number of anilines is 1. The highest BCUT2D eigenvalue weighted by molar-refractivity contribution is 5.56. The molecule has 1 heterocycles. The summed E-state index contributed by atoms with van der Waals surface area (Å²) in [5.41, 5.74) is 1.88. The smallest absolute Gasteiger partial charge is 0.146 e. The molecule has 2 unspecified atom stereocenters. The third kappa shape index (κ3) is 3.08. The quantitative estimate of drug-likeness (QED) is 0.894. The first-order valence-electron chi connectivity index (χ1n) is 7.40. The van der Waals surface area contributed by atoms with E-state index in [1.807, 2.05) is 12.1 Å². The molecule has 106 valence electrons. The summed E-state index contributed by atoms with van der Waals surface area (Å²) in [7, 11) is 0. The number of hydrogen-bond acceptors (Lipinski definition) is 2. The summed E-state index contributed by atoms with van der Waals surface area (Å²) < 4.78 is 14.3. The van der Waals surface area contributed by atoms with Crippen LogP contribution >= 0.6 is 0 Å². The molecule has 1 aromatic carbocycles. The molecular weight excluding hydrogens is 239 g/mol. The van der Waals surface area contributed by atoms with Gasteiger partial charge in [0.25, 0.3) is 0 Å². The van der Waals surface area contributed by atoms with Gasteiger partial charge in [-0.05, 0) is 43.9 Å². The first-order chi connectivity index (χ1) is 9.15. The van der Waals surface area contributed by atoms with Gasteiger partial charge in [-0.25, -0.2) is 4.39 Å². The van der Waals surface area contributed by atoms with Crippen LogP contribution in [0.3, 0.4) is 0 Å². The van der Waals surface area contributed by atoms with Gasteiger partial charge in [0.1, 0.15) is 5.82 Å². The Balaban J connectivity index is 2.31. The van der Waals surface area contributed by atoms with E-state index in [1.165, 1.54) is 6.42 Å². The van der Waals surface area contributed by atoms with Gasteiger partial charge in [0.15, 0.2) is 0 Å². The standard InChI is InChI=1S/C16H25FN2/c1-4-18-11-14-8-5-9-15(17)16(14)19-10-6-7-12(2)13(19)3/h5,8-9,12-13,18H,4,6-7,10-11H2,1-3H3. The van der Waals surface area contributed by atoms with Crippen molar-refractivity contribution in [3.8, 4) is 0 Å². The monoisotopic (exact) mass is 264 g/mol. The van der Waals surface area contributed by atoms with Crippen molar-refractivity contribution in [2.24, 2.45) is 5.92 Å². The zero-order chi connectivity index (χ0) is 13.8. The first kappa shape index (κ1) is 14.3. The van der Waals surface area contributed by atoms with Crippen LogP contribution in [-0.2, 0) is 6.54 Å². The predicted octanol–water partition coefficient (Wildman–Crippen LogP) is 3.56. The molecule has 1 fully saturated rings. The molecule has 2 nitrogen and oxygen atoms in total. The van der Waals surface area contributed by atoms with Gasteiger partial charge in [0.2, 0.25) is 0 Å². The number of rotatable bonds is 4. The van der Waals surface area contributed by atoms with Crippen LogP contribution in [0.1, 0.15) is 39.2 Å². The number of hydrogen-bond donors (Lipinski definition) is 1. The van der Waals surface area contributed by atoms with Crippen LogP contribution in [0.25, 0.3) is 0 Å². The summed E-state index contributed by atoms with van der Waals surface area (Å²) in [6, 6.07) is 5.83. The maximum absolute atomic E-state index is 14.3. The van der Waals surface area contributed by atoms with E-state index in [4.69, 9.17) is 0 Å². The van der Waals surface area contributed by atoms with Gasteiger partial charge < -0.3 is 10.2 Å². The number of piperidine rings is 1. The van der Waals surface area contributed by atoms with Crippen LogP contribution in [-0.4, -0.2) is 19.1 Å². The van der Waals surface area contributed by atoms with Crippen molar-refractivity contribution >= 4 is 5.69 Å². The maximum Gasteiger partial charge on any atom is 0.146 e. The maximum atomic E-state index is 14.3. The lowest BCUT2D eigenvalue weighted by Crippen LogP contribution is -2.43. The van der Waals surface area contributed by atoms with E-state index in [1.54, 1.807) is 6.07 Å². The topological polar surface area (TPSA) is 15.3 Å². The minimum absolute atomic E-state index is 0.0867. The highest BCUT2D eigenvalue weighted by Crippen LogP contribution is 2.32. The van der Waals surface area contributed by atoms with Gasteiger partial charge in [-0.2, -0.15) is 0 Å². The third-order valence-corrected chi connectivity index (χ3v) is 4.30. The number of nitrogens with one attached hydrogen (secondary N) is 1. The lowest BCUT2D eigenvalue weighted by atomic mass is 9.91. The average Bonchev–Trinajstić information content (AvgIpc) is 2.40. The average molecular weight is 264 g/mol. The molecule has 0 amide bonds. The van der Waals surface area contributed by atoms with Crippen LogP contribution in [0, 0.1) is 11.7 Å². The molecule has 1 N–H and O–H groups in total. The summed E-state index contributed by atoms with van der Waals surface area (Å²) in [6.45, 7) is 9.16. The molecule has 0 aliphatic carbocycles. The number of benzene rings is 1. The molecule has 1 saturated heterocycles. The number of halogens is 1. The SMILES string of the molecule is CCNCc1cccc(F)c1N1CCCC(C)C1C. The normalized spacial score (nSPS) is 23.7. The van der Waals surface area contributed by atoms with E-state index in [9.17, 15) is 4.39 Å². The van der Waals surface area contributed by atoms with Crippen molar-refractivity contribution in [3.63, 3.8) is 0 Å². The molecule has 2 atom stereocenters. The van der Waals surface area contributed by atoms with Crippen LogP contribution in [0.15, 0.2) is 18.2 Å². The van der Waals surface area contributed by atoms with Gasteiger partial charge in [-0.1, -0.05) is 26.0 Å². The summed E-state index contributed by atoms with van der Waals surface area (Å²) in [6.07, 6.45) is 2.40. The zero-order valence-electron chi connectivity index (χ0n) is 12.2. The molecule has 1 aliphatic rings. The Morgan fingerprint density at radius 1 is 1.37 bits per heavy atom. The molecule has 0 saturated carbocycles.